The summed E-state index contributed by atoms with van der Waals surface area (Å²) < 4.78 is 14.3. The van der Waals surface area contributed by atoms with Crippen LogP contribution in [0.4, 0.5) is 0 Å². The molecule has 0 aliphatic carbocycles. The van der Waals surface area contributed by atoms with Gasteiger partial charge in [-0.3, -0.25) is 4.79 Å². The standard InChI is InChI=1S/C18H16N4O3/c23-17(6-5-14-3-1-11-24-14)19-7-8-21-9-10-22-18(21)13-15(20-22)16-4-2-12-25-16/h1-6,9-13H,7-8H2,(H,19,23)/b6-5+. The Kier molecular flexibility index (Phi) is 3.96. The summed E-state index contributed by atoms with van der Waals surface area (Å²) >= 11 is 0. The summed E-state index contributed by atoms with van der Waals surface area (Å²) in [4.78, 5) is 11.8. The van der Waals surface area contributed by atoms with Gasteiger partial charge in [0.25, 0.3) is 0 Å². The van der Waals surface area contributed by atoms with E-state index in [4.69, 9.17) is 8.83 Å². The summed E-state index contributed by atoms with van der Waals surface area (Å²) in [5, 5.41) is 7.32. The van der Waals surface area contributed by atoms with Crippen LogP contribution in [0.3, 0.4) is 0 Å². The van der Waals surface area contributed by atoms with E-state index in [9.17, 15) is 4.79 Å². The van der Waals surface area contributed by atoms with Gasteiger partial charge >= 0.3 is 0 Å². The lowest BCUT2D eigenvalue weighted by atomic mass is 10.3. The Morgan fingerprint density at radius 2 is 2.08 bits per heavy atom. The predicted molar refractivity (Wildman–Crippen MR) is 91.6 cm³/mol. The number of carbonyl (C=O) groups is 1. The van der Waals surface area contributed by atoms with Crippen molar-refractivity contribution in [3.63, 3.8) is 0 Å². The minimum atomic E-state index is -0.163. The third kappa shape index (κ3) is 3.25. The first-order chi connectivity index (χ1) is 12.3. The maximum atomic E-state index is 11.8. The number of rotatable bonds is 6. The minimum Gasteiger partial charge on any atom is -0.465 e. The van der Waals surface area contributed by atoms with Crippen LogP contribution >= 0.6 is 0 Å². The molecule has 0 fully saturated rings. The second-order valence-corrected chi connectivity index (χ2v) is 5.44. The zero-order valence-electron chi connectivity index (χ0n) is 13.3. The second-order valence-electron chi connectivity index (χ2n) is 5.44. The average molecular weight is 336 g/mol. The van der Waals surface area contributed by atoms with Gasteiger partial charge in [0.1, 0.15) is 17.1 Å². The largest absolute Gasteiger partial charge is 0.465 e. The highest BCUT2D eigenvalue weighted by atomic mass is 16.3. The smallest absolute Gasteiger partial charge is 0.244 e. The van der Waals surface area contributed by atoms with Crippen molar-refractivity contribution < 1.29 is 13.6 Å². The lowest BCUT2D eigenvalue weighted by Gasteiger charge is -2.04. The molecule has 0 aliphatic rings. The minimum absolute atomic E-state index is 0.163. The molecule has 0 atom stereocenters. The maximum Gasteiger partial charge on any atom is 0.244 e. The number of nitrogens with zero attached hydrogens (tertiary/aromatic N) is 3. The molecular formula is C18H16N4O3. The Hall–Kier alpha value is -3.48. The van der Waals surface area contributed by atoms with E-state index in [2.05, 4.69) is 10.4 Å². The van der Waals surface area contributed by atoms with Crippen LogP contribution < -0.4 is 5.32 Å². The average Bonchev–Trinajstić information content (AvgIpc) is 3.37. The van der Waals surface area contributed by atoms with Crippen molar-refractivity contribution >= 4 is 17.6 Å². The van der Waals surface area contributed by atoms with E-state index in [0.717, 1.165) is 17.1 Å². The highest BCUT2D eigenvalue weighted by Gasteiger charge is 2.10. The molecule has 0 unspecified atom stereocenters. The van der Waals surface area contributed by atoms with Gasteiger partial charge in [-0.25, -0.2) is 4.52 Å². The molecule has 1 amide bonds. The number of carbonyl (C=O) groups excluding carboxylic acids is 1. The van der Waals surface area contributed by atoms with Gasteiger partial charge < -0.3 is 18.7 Å². The van der Waals surface area contributed by atoms with Gasteiger partial charge in [-0.15, -0.1) is 0 Å². The fraction of sp³-hybridized carbons (Fsp3) is 0.111. The first-order valence-corrected chi connectivity index (χ1v) is 7.87. The molecule has 0 saturated carbocycles. The second kappa shape index (κ2) is 6.56. The van der Waals surface area contributed by atoms with E-state index < -0.39 is 0 Å². The number of hydrogen-bond donors (Lipinski definition) is 1. The molecule has 0 radical (unpaired) electrons. The van der Waals surface area contributed by atoms with Gasteiger partial charge in [0.05, 0.1) is 12.5 Å². The third-order valence-electron chi connectivity index (χ3n) is 3.77. The fourth-order valence-corrected chi connectivity index (χ4v) is 2.56. The summed E-state index contributed by atoms with van der Waals surface area (Å²) in [6.07, 6.45) is 10.1. The number of fused-ring (bicyclic) bond motifs is 1. The zero-order chi connectivity index (χ0) is 17.1. The molecule has 126 valence electrons. The molecule has 1 N–H and O–H groups in total. The number of furan rings is 2. The van der Waals surface area contributed by atoms with Crippen LogP contribution in [0.1, 0.15) is 5.76 Å². The van der Waals surface area contributed by atoms with Crippen molar-refractivity contribution in [1.82, 2.24) is 19.5 Å². The van der Waals surface area contributed by atoms with Gasteiger partial charge in [0.15, 0.2) is 5.76 Å². The van der Waals surface area contributed by atoms with Crippen LogP contribution in [-0.4, -0.2) is 26.6 Å². The maximum absolute atomic E-state index is 11.8. The highest BCUT2D eigenvalue weighted by Crippen LogP contribution is 2.20. The normalized spacial score (nSPS) is 11.5. The number of hydrogen-bond acceptors (Lipinski definition) is 4. The molecule has 0 aliphatic heterocycles. The molecule has 0 saturated heterocycles. The Morgan fingerprint density at radius 1 is 1.20 bits per heavy atom. The van der Waals surface area contributed by atoms with E-state index in [1.807, 2.05) is 35.2 Å². The Bertz CT molecular complexity index is 991. The van der Waals surface area contributed by atoms with Crippen molar-refractivity contribution in [2.24, 2.45) is 0 Å². The molecule has 7 heteroatoms. The summed E-state index contributed by atoms with van der Waals surface area (Å²) in [7, 11) is 0. The Morgan fingerprint density at radius 3 is 2.88 bits per heavy atom. The van der Waals surface area contributed by atoms with Crippen LogP contribution in [0.5, 0.6) is 0 Å². The number of amides is 1. The van der Waals surface area contributed by atoms with Crippen LogP contribution in [0.15, 0.2) is 70.2 Å². The first kappa shape index (κ1) is 15.1. The Labute approximate surface area is 143 Å². The van der Waals surface area contributed by atoms with Crippen molar-refractivity contribution in [3.8, 4) is 11.5 Å². The number of aromatic nitrogens is 3. The molecule has 0 aromatic carbocycles. The van der Waals surface area contributed by atoms with Crippen LogP contribution in [-0.2, 0) is 11.3 Å². The molecule has 7 nitrogen and oxygen atoms in total. The Balaban J connectivity index is 1.37. The van der Waals surface area contributed by atoms with Crippen LogP contribution in [0, 0.1) is 0 Å². The van der Waals surface area contributed by atoms with Crippen LogP contribution in [0.25, 0.3) is 23.2 Å². The molecule has 0 spiro atoms. The van der Waals surface area contributed by atoms with Gasteiger partial charge in [-0.1, -0.05) is 0 Å². The molecule has 4 aromatic heterocycles. The van der Waals surface area contributed by atoms with Crippen molar-refractivity contribution in [1.29, 1.82) is 0 Å². The lowest BCUT2D eigenvalue weighted by Crippen LogP contribution is -2.25. The van der Waals surface area contributed by atoms with E-state index in [-0.39, 0.29) is 5.91 Å². The topological polar surface area (TPSA) is 77.6 Å². The number of imidazole rings is 1. The fourth-order valence-electron chi connectivity index (χ4n) is 2.56. The molecular weight excluding hydrogens is 320 g/mol. The lowest BCUT2D eigenvalue weighted by molar-refractivity contribution is -0.116. The van der Waals surface area contributed by atoms with Crippen molar-refractivity contribution in [2.45, 2.75) is 6.54 Å². The zero-order valence-corrected chi connectivity index (χ0v) is 13.3. The summed E-state index contributed by atoms with van der Waals surface area (Å²) in [6, 6.07) is 9.22. The van der Waals surface area contributed by atoms with Gasteiger partial charge in [-0.05, 0) is 30.3 Å². The molecule has 4 aromatic rings. The molecule has 4 heterocycles. The van der Waals surface area contributed by atoms with Gasteiger partial charge in [0, 0.05) is 37.6 Å². The van der Waals surface area contributed by atoms with E-state index in [0.29, 0.717) is 18.8 Å². The first-order valence-electron chi connectivity index (χ1n) is 7.87. The van der Waals surface area contributed by atoms with Crippen molar-refractivity contribution in [2.75, 3.05) is 6.54 Å². The van der Waals surface area contributed by atoms with E-state index in [1.54, 1.807) is 35.3 Å². The quantitative estimate of drug-likeness (QED) is 0.549. The third-order valence-corrected chi connectivity index (χ3v) is 3.77. The highest BCUT2D eigenvalue weighted by molar-refractivity contribution is 5.91. The summed E-state index contributed by atoms with van der Waals surface area (Å²) in [5.41, 5.74) is 1.71. The molecule has 0 bridgehead atoms. The van der Waals surface area contributed by atoms with Gasteiger partial charge in [-0.2, -0.15) is 5.10 Å². The summed E-state index contributed by atoms with van der Waals surface area (Å²) in [6.45, 7) is 1.15. The molecule has 4 rings (SSSR count). The van der Waals surface area contributed by atoms with E-state index >= 15 is 0 Å². The SMILES string of the molecule is O=C(/C=C/c1ccco1)NCCn1ccn2nc(-c3ccco3)cc12. The van der Waals surface area contributed by atoms with E-state index in [1.165, 1.54) is 6.08 Å². The summed E-state index contributed by atoms with van der Waals surface area (Å²) in [5.74, 6) is 1.21. The monoisotopic (exact) mass is 336 g/mol. The number of nitrogens with one attached hydrogen (secondary N) is 1. The van der Waals surface area contributed by atoms with Gasteiger partial charge in [0.2, 0.25) is 5.91 Å². The predicted octanol–water partition coefficient (Wildman–Crippen LogP) is 2.82. The van der Waals surface area contributed by atoms with Crippen molar-refractivity contribution in [3.05, 3.63) is 67.1 Å². The molecule has 25 heavy (non-hydrogen) atoms. The van der Waals surface area contributed by atoms with Crippen LogP contribution in [0.2, 0.25) is 0 Å².